The van der Waals surface area contributed by atoms with Gasteiger partial charge in [0.1, 0.15) is 5.01 Å². The number of hydrogen-bond donors (Lipinski definition) is 2. The van der Waals surface area contributed by atoms with Crippen LogP contribution in [0.25, 0.3) is 0 Å². The summed E-state index contributed by atoms with van der Waals surface area (Å²) in [5.74, 6) is 0. The van der Waals surface area contributed by atoms with Crippen LogP contribution in [0.4, 0.5) is 4.79 Å². The number of nitrogens with zero attached hydrogens (tertiary/aromatic N) is 2. The molecule has 1 atom stereocenters. The van der Waals surface area contributed by atoms with Gasteiger partial charge in [-0.2, -0.15) is 0 Å². The van der Waals surface area contributed by atoms with Crippen molar-refractivity contribution in [1.29, 1.82) is 0 Å². The second-order valence-electron chi connectivity index (χ2n) is 6.22. The standard InChI is InChI=1S/C18H24N4OS/c1-14(17-19-7-10-24-17)21-18(23)20-12-15-5-4-6-16(11-15)13-22-8-2-3-9-22/h4-7,10-11,14H,2-3,8-9,12-13H2,1H3,(H2,20,21,23)/t14-/m0/s1. The van der Waals surface area contributed by atoms with Crippen LogP contribution >= 0.6 is 11.3 Å². The predicted octanol–water partition coefficient (Wildman–Crippen LogP) is 3.30. The Balaban J connectivity index is 1.48. The summed E-state index contributed by atoms with van der Waals surface area (Å²) in [5, 5.41) is 8.67. The highest BCUT2D eigenvalue weighted by Gasteiger charge is 2.13. The molecule has 5 nitrogen and oxygen atoms in total. The van der Waals surface area contributed by atoms with Crippen molar-refractivity contribution in [3.05, 3.63) is 52.0 Å². The summed E-state index contributed by atoms with van der Waals surface area (Å²) in [6, 6.07) is 8.22. The average Bonchev–Trinajstić information content (AvgIpc) is 3.27. The third kappa shape index (κ3) is 4.79. The van der Waals surface area contributed by atoms with Crippen LogP contribution in [0.2, 0.25) is 0 Å². The second kappa shape index (κ2) is 8.26. The number of rotatable bonds is 6. The van der Waals surface area contributed by atoms with Gasteiger partial charge in [-0.25, -0.2) is 9.78 Å². The molecule has 2 aromatic rings. The summed E-state index contributed by atoms with van der Waals surface area (Å²) in [4.78, 5) is 18.7. The van der Waals surface area contributed by atoms with E-state index in [9.17, 15) is 4.79 Å². The maximum atomic E-state index is 12.0. The molecule has 0 saturated carbocycles. The molecule has 0 radical (unpaired) electrons. The SMILES string of the molecule is C[C@H](NC(=O)NCc1cccc(CN2CCCC2)c1)c1nccs1. The number of thiazole rings is 1. The van der Waals surface area contributed by atoms with E-state index in [1.165, 1.54) is 31.5 Å². The summed E-state index contributed by atoms with van der Waals surface area (Å²) in [5.41, 5.74) is 2.44. The largest absolute Gasteiger partial charge is 0.334 e. The topological polar surface area (TPSA) is 57.3 Å². The highest BCUT2D eigenvalue weighted by atomic mass is 32.1. The fraction of sp³-hybridized carbons (Fsp3) is 0.444. The van der Waals surface area contributed by atoms with Gasteiger partial charge in [-0.05, 0) is 44.0 Å². The van der Waals surface area contributed by atoms with Crippen LogP contribution in [0.15, 0.2) is 35.8 Å². The first-order valence-electron chi connectivity index (χ1n) is 8.44. The number of hydrogen-bond acceptors (Lipinski definition) is 4. The molecule has 6 heteroatoms. The molecule has 0 aliphatic carbocycles. The lowest BCUT2D eigenvalue weighted by atomic mass is 10.1. The quantitative estimate of drug-likeness (QED) is 0.845. The van der Waals surface area contributed by atoms with E-state index in [1.54, 1.807) is 17.5 Å². The minimum absolute atomic E-state index is 0.0773. The van der Waals surface area contributed by atoms with Crippen LogP contribution in [0.3, 0.4) is 0 Å². The molecule has 2 heterocycles. The molecule has 1 fully saturated rings. The van der Waals surface area contributed by atoms with Crippen LogP contribution in [-0.2, 0) is 13.1 Å². The van der Waals surface area contributed by atoms with E-state index < -0.39 is 0 Å². The van der Waals surface area contributed by atoms with Crippen molar-refractivity contribution in [2.75, 3.05) is 13.1 Å². The first-order chi connectivity index (χ1) is 11.7. The fourth-order valence-corrected chi connectivity index (χ4v) is 3.62. The zero-order valence-corrected chi connectivity index (χ0v) is 14.8. The van der Waals surface area contributed by atoms with E-state index >= 15 is 0 Å². The van der Waals surface area contributed by atoms with Crippen molar-refractivity contribution in [1.82, 2.24) is 20.5 Å². The molecular weight excluding hydrogens is 320 g/mol. The van der Waals surface area contributed by atoms with Gasteiger partial charge in [0.25, 0.3) is 0 Å². The number of amides is 2. The fourth-order valence-electron chi connectivity index (χ4n) is 2.98. The molecule has 1 aliphatic rings. The van der Waals surface area contributed by atoms with E-state index in [0.29, 0.717) is 6.54 Å². The lowest BCUT2D eigenvalue weighted by Crippen LogP contribution is -2.36. The molecule has 2 N–H and O–H groups in total. The van der Waals surface area contributed by atoms with Crippen molar-refractivity contribution in [3.8, 4) is 0 Å². The van der Waals surface area contributed by atoms with Gasteiger partial charge < -0.3 is 10.6 Å². The number of carbonyl (C=O) groups excluding carboxylic acids is 1. The zero-order valence-electron chi connectivity index (χ0n) is 14.0. The minimum atomic E-state index is -0.164. The lowest BCUT2D eigenvalue weighted by molar-refractivity contribution is 0.237. The Labute approximate surface area is 147 Å². The molecule has 2 amide bonds. The zero-order chi connectivity index (χ0) is 16.8. The van der Waals surface area contributed by atoms with E-state index in [2.05, 4.69) is 44.8 Å². The normalized spacial score (nSPS) is 16.0. The molecule has 0 bridgehead atoms. The molecule has 24 heavy (non-hydrogen) atoms. The molecule has 1 saturated heterocycles. The molecule has 0 unspecified atom stereocenters. The summed E-state index contributed by atoms with van der Waals surface area (Å²) >= 11 is 1.55. The van der Waals surface area contributed by atoms with Crippen molar-refractivity contribution >= 4 is 17.4 Å². The van der Waals surface area contributed by atoms with Gasteiger partial charge in [0, 0.05) is 24.7 Å². The van der Waals surface area contributed by atoms with E-state index in [0.717, 1.165) is 17.1 Å². The van der Waals surface area contributed by atoms with Gasteiger partial charge in [-0.3, -0.25) is 4.90 Å². The lowest BCUT2D eigenvalue weighted by Gasteiger charge is -2.16. The first-order valence-corrected chi connectivity index (χ1v) is 9.32. The van der Waals surface area contributed by atoms with Gasteiger partial charge >= 0.3 is 6.03 Å². The molecule has 3 rings (SSSR count). The summed E-state index contributed by atoms with van der Waals surface area (Å²) in [6.45, 7) is 5.86. The van der Waals surface area contributed by atoms with Crippen molar-refractivity contribution in [2.45, 2.75) is 38.9 Å². The Morgan fingerprint density at radius 2 is 2.12 bits per heavy atom. The Bertz CT molecular complexity index is 653. The summed E-state index contributed by atoms with van der Waals surface area (Å²) < 4.78 is 0. The van der Waals surface area contributed by atoms with Crippen LogP contribution in [0, 0.1) is 0 Å². The Morgan fingerprint density at radius 1 is 1.33 bits per heavy atom. The highest BCUT2D eigenvalue weighted by Crippen LogP contribution is 2.15. The maximum absolute atomic E-state index is 12.0. The molecule has 1 aromatic heterocycles. The third-order valence-corrected chi connectivity index (χ3v) is 5.18. The highest BCUT2D eigenvalue weighted by molar-refractivity contribution is 7.09. The Hall–Kier alpha value is -1.92. The van der Waals surface area contributed by atoms with Crippen molar-refractivity contribution in [3.63, 3.8) is 0 Å². The number of benzene rings is 1. The van der Waals surface area contributed by atoms with Crippen LogP contribution in [-0.4, -0.2) is 29.0 Å². The Kier molecular flexibility index (Phi) is 5.82. The molecular formula is C18H24N4OS. The summed E-state index contributed by atoms with van der Waals surface area (Å²) in [7, 11) is 0. The second-order valence-corrected chi connectivity index (χ2v) is 7.15. The van der Waals surface area contributed by atoms with Crippen LogP contribution in [0.5, 0.6) is 0 Å². The smallest absolute Gasteiger partial charge is 0.315 e. The van der Waals surface area contributed by atoms with Crippen LogP contribution < -0.4 is 10.6 Å². The monoisotopic (exact) mass is 344 g/mol. The molecule has 0 spiro atoms. The third-order valence-electron chi connectivity index (χ3n) is 4.22. The van der Waals surface area contributed by atoms with Crippen LogP contribution in [0.1, 0.15) is 41.9 Å². The number of nitrogens with one attached hydrogen (secondary N) is 2. The number of likely N-dealkylation sites (tertiary alicyclic amines) is 1. The van der Waals surface area contributed by atoms with Crippen molar-refractivity contribution in [2.24, 2.45) is 0 Å². The number of aromatic nitrogens is 1. The van der Waals surface area contributed by atoms with Gasteiger partial charge in [0.15, 0.2) is 0 Å². The van der Waals surface area contributed by atoms with E-state index in [1.807, 2.05) is 12.3 Å². The number of urea groups is 1. The minimum Gasteiger partial charge on any atom is -0.334 e. The molecule has 128 valence electrons. The summed E-state index contributed by atoms with van der Waals surface area (Å²) in [6.07, 6.45) is 4.36. The van der Waals surface area contributed by atoms with Gasteiger partial charge in [-0.15, -0.1) is 11.3 Å². The van der Waals surface area contributed by atoms with Gasteiger partial charge in [0.2, 0.25) is 0 Å². The van der Waals surface area contributed by atoms with E-state index in [-0.39, 0.29) is 12.1 Å². The van der Waals surface area contributed by atoms with Crippen molar-refractivity contribution < 1.29 is 4.79 Å². The first kappa shape index (κ1) is 16.9. The maximum Gasteiger partial charge on any atom is 0.315 e. The Morgan fingerprint density at radius 3 is 2.88 bits per heavy atom. The van der Waals surface area contributed by atoms with Gasteiger partial charge in [0.05, 0.1) is 6.04 Å². The predicted molar refractivity (Wildman–Crippen MR) is 96.9 cm³/mol. The van der Waals surface area contributed by atoms with Gasteiger partial charge in [-0.1, -0.05) is 24.3 Å². The van der Waals surface area contributed by atoms with E-state index in [4.69, 9.17) is 0 Å². The average molecular weight is 344 g/mol. The molecule has 1 aromatic carbocycles. The molecule has 1 aliphatic heterocycles. The number of carbonyl (C=O) groups is 1.